The molecular weight excluding hydrogens is 139 g/mol. The standard InChI is InChI=1S/C10H17F/c1-7(2)9-5-4-8(3)10(11)6-9/h5,7-8,10H,4,6H2,1-3H3. The van der Waals surface area contributed by atoms with E-state index in [0.29, 0.717) is 12.3 Å². The molecular formula is C10H17F. The average molecular weight is 156 g/mol. The van der Waals surface area contributed by atoms with Crippen molar-refractivity contribution in [3.8, 4) is 0 Å². The Morgan fingerprint density at radius 1 is 1.55 bits per heavy atom. The van der Waals surface area contributed by atoms with Crippen LogP contribution in [0, 0.1) is 11.8 Å². The van der Waals surface area contributed by atoms with Gasteiger partial charge in [0.05, 0.1) is 0 Å². The lowest BCUT2D eigenvalue weighted by Crippen LogP contribution is -2.18. The number of hydrogen-bond acceptors (Lipinski definition) is 0. The molecule has 0 heterocycles. The molecule has 1 heteroatoms. The lowest BCUT2D eigenvalue weighted by molar-refractivity contribution is 0.225. The third kappa shape index (κ3) is 2.05. The van der Waals surface area contributed by atoms with E-state index in [1.807, 2.05) is 6.92 Å². The van der Waals surface area contributed by atoms with Crippen LogP contribution >= 0.6 is 0 Å². The van der Waals surface area contributed by atoms with Crippen molar-refractivity contribution in [3.05, 3.63) is 11.6 Å². The Morgan fingerprint density at radius 3 is 2.64 bits per heavy atom. The van der Waals surface area contributed by atoms with Gasteiger partial charge >= 0.3 is 0 Å². The van der Waals surface area contributed by atoms with Gasteiger partial charge in [-0.15, -0.1) is 0 Å². The second-order valence-corrected chi connectivity index (χ2v) is 3.87. The Labute approximate surface area is 68.5 Å². The normalized spacial score (nSPS) is 32.3. The summed E-state index contributed by atoms with van der Waals surface area (Å²) in [4.78, 5) is 0. The summed E-state index contributed by atoms with van der Waals surface area (Å²) in [6.07, 6.45) is 3.20. The van der Waals surface area contributed by atoms with Crippen LogP contribution in [0.4, 0.5) is 4.39 Å². The minimum absolute atomic E-state index is 0.234. The molecule has 2 unspecified atom stereocenters. The van der Waals surface area contributed by atoms with Crippen molar-refractivity contribution in [2.75, 3.05) is 0 Å². The van der Waals surface area contributed by atoms with Crippen LogP contribution in [0.25, 0.3) is 0 Å². The number of hydrogen-bond donors (Lipinski definition) is 0. The quantitative estimate of drug-likeness (QED) is 0.511. The van der Waals surface area contributed by atoms with E-state index in [1.54, 1.807) is 0 Å². The molecule has 0 aliphatic heterocycles. The minimum Gasteiger partial charge on any atom is -0.247 e. The van der Waals surface area contributed by atoms with Crippen LogP contribution in [0.2, 0.25) is 0 Å². The highest BCUT2D eigenvalue weighted by atomic mass is 19.1. The fraction of sp³-hybridized carbons (Fsp3) is 0.800. The molecule has 0 bridgehead atoms. The third-order valence-electron chi connectivity index (χ3n) is 2.54. The summed E-state index contributed by atoms with van der Waals surface area (Å²) in [5, 5.41) is 0. The van der Waals surface area contributed by atoms with Crippen LogP contribution < -0.4 is 0 Å². The summed E-state index contributed by atoms with van der Waals surface area (Å²) in [5.41, 5.74) is 1.30. The summed E-state index contributed by atoms with van der Waals surface area (Å²) in [7, 11) is 0. The summed E-state index contributed by atoms with van der Waals surface area (Å²) < 4.78 is 13.1. The SMILES string of the molecule is CC(C)C1=CCC(C)C(F)C1. The molecule has 0 aromatic carbocycles. The highest BCUT2D eigenvalue weighted by Crippen LogP contribution is 2.29. The Bertz CT molecular complexity index is 158. The summed E-state index contributed by atoms with van der Waals surface area (Å²) in [6.45, 7) is 6.25. The zero-order valence-corrected chi connectivity index (χ0v) is 7.60. The van der Waals surface area contributed by atoms with Gasteiger partial charge in [-0.3, -0.25) is 0 Å². The molecule has 1 rings (SSSR count). The first-order valence-electron chi connectivity index (χ1n) is 4.44. The van der Waals surface area contributed by atoms with Gasteiger partial charge in [-0.1, -0.05) is 32.4 Å². The van der Waals surface area contributed by atoms with Crippen molar-refractivity contribution in [2.24, 2.45) is 11.8 Å². The molecule has 0 saturated carbocycles. The monoisotopic (exact) mass is 156 g/mol. The molecule has 0 amide bonds. The van der Waals surface area contributed by atoms with Crippen molar-refractivity contribution in [1.82, 2.24) is 0 Å². The van der Waals surface area contributed by atoms with Crippen LogP contribution in [0.15, 0.2) is 11.6 Å². The molecule has 0 aromatic rings. The van der Waals surface area contributed by atoms with Crippen LogP contribution in [0.1, 0.15) is 33.6 Å². The van der Waals surface area contributed by atoms with E-state index in [1.165, 1.54) is 5.57 Å². The largest absolute Gasteiger partial charge is 0.247 e. The van der Waals surface area contributed by atoms with Crippen molar-refractivity contribution in [1.29, 1.82) is 0 Å². The number of allylic oxidation sites excluding steroid dienone is 2. The molecule has 11 heavy (non-hydrogen) atoms. The Kier molecular flexibility index (Phi) is 2.69. The van der Waals surface area contributed by atoms with E-state index in [0.717, 1.165) is 6.42 Å². The first kappa shape index (κ1) is 8.76. The van der Waals surface area contributed by atoms with E-state index in [4.69, 9.17) is 0 Å². The molecule has 1 aliphatic carbocycles. The van der Waals surface area contributed by atoms with Crippen LogP contribution in [-0.4, -0.2) is 6.17 Å². The first-order valence-corrected chi connectivity index (χ1v) is 4.44. The minimum atomic E-state index is -0.600. The average Bonchev–Trinajstić information content (AvgIpc) is 1.94. The highest BCUT2D eigenvalue weighted by molar-refractivity contribution is 5.10. The predicted octanol–water partition coefficient (Wildman–Crippen LogP) is 3.34. The van der Waals surface area contributed by atoms with Crippen molar-refractivity contribution >= 4 is 0 Å². The summed E-state index contributed by atoms with van der Waals surface area (Å²) in [5.74, 6) is 0.762. The van der Waals surface area contributed by atoms with E-state index in [2.05, 4.69) is 19.9 Å². The van der Waals surface area contributed by atoms with Gasteiger partial charge in [-0.2, -0.15) is 0 Å². The second-order valence-electron chi connectivity index (χ2n) is 3.87. The Morgan fingerprint density at radius 2 is 2.18 bits per heavy atom. The Hall–Kier alpha value is -0.330. The molecule has 0 radical (unpaired) electrons. The number of alkyl halides is 1. The third-order valence-corrected chi connectivity index (χ3v) is 2.54. The fourth-order valence-electron chi connectivity index (χ4n) is 1.47. The predicted molar refractivity (Wildman–Crippen MR) is 46.2 cm³/mol. The zero-order valence-electron chi connectivity index (χ0n) is 7.60. The molecule has 0 spiro atoms. The smallest absolute Gasteiger partial charge is 0.107 e. The second kappa shape index (κ2) is 3.38. The highest BCUT2D eigenvalue weighted by Gasteiger charge is 2.22. The van der Waals surface area contributed by atoms with Gasteiger partial charge in [0.15, 0.2) is 0 Å². The fourth-order valence-corrected chi connectivity index (χ4v) is 1.47. The summed E-state index contributed by atoms with van der Waals surface area (Å²) >= 11 is 0. The molecule has 0 N–H and O–H groups in total. The van der Waals surface area contributed by atoms with Crippen LogP contribution in [0.3, 0.4) is 0 Å². The molecule has 0 nitrogen and oxygen atoms in total. The number of rotatable bonds is 1. The molecule has 0 saturated heterocycles. The van der Waals surface area contributed by atoms with Gasteiger partial charge in [-0.05, 0) is 18.3 Å². The maximum Gasteiger partial charge on any atom is 0.107 e. The van der Waals surface area contributed by atoms with Gasteiger partial charge in [0.1, 0.15) is 6.17 Å². The van der Waals surface area contributed by atoms with E-state index >= 15 is 0 Å². The van der Waals surface area contributed by atoms with Gasteiger partial charge in [-0.25, -0.2) is 4.39 Å². The van der Waals surface area contributed by atoms with Crippen molar-refractivity contribution < 1.29 is 4.39 Å². The van der Waals surface area contributed by atoms with Gasteiger partial charge in [0.2, 0.25) is 0 Å². The topological polar surface area (TPSA) is 0 Å². The lowest BCUT2D eigenvalue weighted by Gasteiger charge is -2.24. The van der Waals surface area contributed by atoms with Gasteiger partial charge in [0, 0.05) is 6.42 Å². The van der Waals surface area contributed by atoms with Crippen molar-refractivity contribution in [2.45, 2.75) is 39.8 Å². The van der Waals surface area contributed by atoms with Crippen molar-refractivity contribution in [3.63, 3.8) is 0 Å². The maximum absolute atomic E-state index is 13.1. The molecule has 0 fully saturated rings. The maximum atomic E-state index is 13.1. The van der Waals surface area contributed by atoms with Gasteiger partial charge in [0.25, 0.3) is 0 Å². The molecule has 1 aliphatic rings. The zero-order chi connectivity index (χ0) is 8.43. The van der Waals surface area contributed by atoms with Crippen LogP contribution in [0.5, 0.6) is 0 Å². The Balaban J connectivity index is 2.59. The van der Waals surface area contributed by atoms with Gasteiger partial charge < -0.3 is 0 Å². The molecule has 64 valence electrons. The molecule has 2 atom stereocenters. The lowest BCUT2D eigenvalue weighted by atomic mass is 9.85. The van der Waals surface area contributed by atoms with E-state index in [9.17, 15) is 4.39 Å². The number of halogens is 1. The van der Waals surface area contributed by atoms with E-state index in [-0.39, 0.29) is 5.92 Å². The van der Waals surface area contributed by atoms with Crippen LogP contribution in [-0.2, 0) is 0 Å². The first-order chi connectivity index (χ1) is 5.11. The summed E-state index contributed by atoms with van der Waals surface area (Å²) in [6, 6.07) is 0. The molecule has 0 aromatic heterocycles. The van der Waals surface area contributed by atoms with E-state index < -0.39 is 6.17 Å².